The molecule has 2 aromatic carbocycles. The van der Waals surface area contributed by atoms with E-state index in [4.69, 9.17) is 11.6 Å². The molecule has 1 fully saturated rings. The van der Waals surface area contributed by atoms with Gasteiger partial charge in [0, 0.05) is 39.1 Å². The highest BCUT2D eigenvalue weighted by atomic mass is 35.5. The van der Waals surface area contributed by atoms with E-state index in [9.17, 15) is 23.6 Å². The van der Waals surface area contributed by atoms with Gasteiger partial charge in [0.05, 0.1) is 21.7 Å². The Kier molecular flexibility index (Phi) is 5.73. The Hall–Kier alpha value is -3.26. The standard InChI is InChI=1S/C22H19ClFN3O4/c23-18-13-14(24)5-6-17(18)20(29)26-11-9-25(10-12-26)19(28)7-8-27-21(30)15-3-1-2-4-16(15)22(27)31/h1-6,13H,7-12H2. The van der Waals surface area contributed by atoms with Gasteiger partial charge >= 0.3 is 0 Å². The maximum absolute atomic E-state index is 13.2. The van der Waals surface area contributed by atoms with E-state index >= 15 is 0 Å². The molecule has 4 rings (SSSR count). The first-order valence-electron chi connectivity index (χ1n) is 9.84. The number of benzene rings is 2. The van der Waals surface area contributed by atoms with Gasteiger partial charge in [-0.2, -0.15) is 0 Å². The normalized spacial score (nSPS) is 16.0. The lowest BCUT2D eigenvalue weighted by atomic mass is 10.1. The summed E-state index contributed by atoms with van der Waals surface area (Å²) in [4.78, 5) is 54.3. The molecule has 2 heterocycles. The highest BCUT2D eigenvalue weighted by Crippen LogP contribution is 2.23. The van der Waals surface area contributed by atoms with Gasteiger partial charge in [-0.05, 0) is 30.3 Å². The van der Waals surface area contributed by atoms with Crippen LogP contribution in [0.2, 0.25) is 5.02 Å². The molecule has 1 saturated heterocycles. The molecular weight excluding hydrogens is 425 g/mol. The number of fused-ring (bicyclic) bond motifs is 1. The van der Waals surface area contributed by atoms with E-state index in [1.54, 1.807) is 34.1 Å². The van der Waals surface area contributed by atoms with Gasteiger partial charge in [-0.15, -0.1) is 0 Å². The fraction of sp³-hybridized carbons (Fsp3) is 0.273. The summed E-state index contributed by atoms with van der Waals surface area (Å²) in [5.74, 6) is -1.80. The van der Waals surface area contributed by atoms with Crippen LogP contribution in [0, 0.1) is 5.82 Å². The van der Waals surface area contributed by atoms with Crippen LogP contribution in [0.25, 0.3) is 0 Å². The number of hydrogen-bond donors (Lipinski definition) is 0. The summed E-state index contributed by atoms with van der Waals surface area (Å²) >= 11 is 5.97. The predicted molar refractivity (Wildman–Crippen MR) is 110 cm³/mol. The molecule has 0 unspecified atom stereocenters. The molecule has 0 radical (unpaired) electrons. The molecule has 0 bridgehead atoms. The maximum atomic E-state index is 13.2. The Morgan fingerprint density at radius 1 is 0.903 bits per heavy atom. The average molecular weight is 444 g/mol. The Labute approximate surface area is 183 Å². The van der Waals surface area contributed by atoms with E-state index in [0.717, 1.165) is 11.0 Å². The van der Waals surface area contributed by atoms with Crippen molar-refractivity contribution in [3.63, 3.8) is 0 Å². The number of carbonyl (C=O) groups excluding carboxylic acids is 4. The van der Waals surface area contributed by atoms with Gasteiger partial charge in [0.15, 0.2) is 0 Å². The minimum Gasteiger partial charge on any atom is -0.339 e. The van der Waals surface area contributed by atoms with Gasteiger partial charge in [0.2, 0.25) is 5.91 Å². The molecule has 0 N–H and O–H groups in total. The topological polar surface area (TPSA) is 78.0 Å². The number of carbonyl (C=O) groups is 4. The van der Waals surface area contributed by atoms with Crippen LogP contribution in [0.1, 0.15) is 37.5 Å². The van der Waals surface area contributed by atoms with Crippen LogP contribution in [0.5, 0.6) is 0 Å². The predicted octanol–water partition coefficient (Wildman–Crippen LogP) is 2.45. The zero-order chi connectivity index (χ0) is 22.1. The van der Waals surface area contributed by atoms with Crippen molar-refractivity contribution in [2.24, 2.45) is 0 Å². The summed E-state index contributed by atoms with van der Waals surface area (Å²) < 4.78 is 13.2. The Morgan fingerprint density at radius 2 is 1.48 bits per heavy atom. The van der Waals surface area contributed by atoms with Crippen LogP contribution in [-0.2, 0) is 4.79 Å². The molecule has 0 atom stereocenters. The minimum absolute atomic E-state index is 0.00944. The summed E-state index contributed by atoms with van der Waals surface area (Å²) in [7, 11) is 0. The van der Waals surface area contributed by atoms with Crippen molar-refractivity contribution >= 4 is 35.2 Å². The van der Waals surface area contributed by atoms with E-state index in [2.05, 4.69) is 0 Å². The van der Waals surface area contributed by atoms with Gasteiger partial charge in [-0.1, -0.05) is 23.7 Å². The SMILES string of the molecule is O=C(CCN1C(=O)c2ccccc2C1=O)N1CCN(C(=O)c2ccc(F)cc2Cl)CC1. The second-order valence-corrected chi connectivity index (χ2v) is 7.76. The fourth-order valence-electron chi connectivity index (χ4n) is 3.80. The molecule has 0 aromatic heterocycles. The largest absolute Gasteiger partial charge is 0.339 e. The summed E-state index contributed by atoms with van der Waals surface area (Å²) in [5, 5.41) is 0.0458. The van der Waals surface area contributed by atoms with Gasteiger partial charge in [-0.3, -0.25) is 24.1 Å². The molecule has 2 aliphatic rings. The van der Waals surface area contributed by atoms with Crippen LogP contribution >= 0.6 is 11.6 Å². The number of nitrogens with zero attached hydrogens (tertiary/aromatic N) is 3. The van der Waals surface area contributed by atoms with E-state index in [1.165, 1.54) is 12.1 Å². The third kappa shape index (κ3) is 4.03. The minimum atomic E-state index is -0.518. The Bertz CT molecular complexity index is 1050. The second-order valence-electron chi connectivity index (χ2n) is 7.35. The summed E-state index contributed by atoms with van der Waals surface area (Å²) in [6.07, 6.45) is 0.0171. The lowest BCUT2D eigenvalue weighted by Gasteiger charge is -2.35. The number of piperazine rings is 1. The van der Waals surface area contributed by atoms with Crippen molar-refractivity contribution in [1.82, 2.24) is 14.7 Å². The molecule has 0 saturated carbocycles. The highest BCUT2D eigenvalue weighted by Gasteiger charge is 2.35. The first kappa shape index (κ1) is 21.0. The van der Waals surface area contributed by atoms with Gasteiger partial charge in [0.25, 0.3) is 17.7 Å². The van der Waals surface area contributed by atoms with E-state index in [1.807, 2.05) is 0 Å². The first-order valence-corrected chi connectivity index (χ1v) is 10.2. The molecule has 31 heavy (non-hydrogen) atoms. The summed E-state index contributed by atoms with van der Waals surface area (Å²) in [5.41, 5.74) is 0.923. The lowest BCUT2D eigenvalue weighted by Crippen LogP contribution is -2.51. The molecule has 4 amide bonds. The zero-order valence-corrected chi connectivity index (χ0v) is 17.3. The molecule has 0 spiro atoms. The van der Waals surface area contributed by atoms with Gasteiger partial charge in [-0.25, -0.2) is 4.39 Å². The van der Waals surface area contributed by atoms with E-state index in [-0.39, 0.29) is 47.2 Å². The average Bonchev–Trinajstić information content (AvgIpc) is 3.02. The third-order valence-corrected chi connectivity index (χ3v) is 5.82. The van der Waals surface area contributed by atoms with Crippen molar-refractivity contribution in [3.05, 3.63) is 70.0 Å². The summed E-state index contributed by atoms with van der Waals surface area (Å²) in [6, 6.07) is 10.2. The lowest BCUT2D eigenvalue weighted by molar-refractivity contribution is -0.132. The quantitative estimate of drug-likeness (QED) is 0.680. The van der Waals surface area contributed by atoms with E-state index < -0.39 is 5.82 Å². The molecular formula is C22H19ClFN3O4. The number of halogens is 2. The number of hydrogen-bond acceptors (Lipinski definition) is 4. The Balaban J connectivity index is 1.30. The molecule has 0 aliphatic carbocycles. The second kappa shape index (κ2) is 8.47. The van der Waals surface area contributed by atoms with Crippen molar-refractivity contribution in [2.75, 3.05) is 32.7 Å². The van der Waals surface area contributed by atoms with Crippen LogP contribution in [-0.4, -0.2) is 71.1 Å². The molecule has 2 aromatic rings. The van der Waals surface area contributed by atoms with Crippen LogP contribution in [0.3, 0.4) is 0 Å². The van der Waals surface area contributed by atoms with Crippen LogP contribution in [0.15, 0.2) is 42.5 Å². The molecule has 9 heteroatoms. The van der Waals surface area contributed by atoms with E-state index in [0.29, 0.717) is 37.3 Å². The molecule has 7 nitrogen and oxygen atoms in total. The first-order chi connectivity index (χ1) is 14.9. The zero-order valence-electron chi connectivity index (χ0n) is 16.5. The van der Waals surface area contributed by atoms with Crippen molar-refractivity contribution in [3.8, 4) is 0 Å². The molecule has 160 valence electrons. The van der Waals surface area contributed by atoms with Crippen LogP contribution < -0.4 is 0 Å². The molecule has 2 aliphatic heterocycles. The number of amides is 4. The van der Waals surface area contributed by atoms with Crippen LogP contribution in [0.4, 0.5) is 4.39 Å². The van der Waals surface area contributed by atoms with Crippen molar-refractivity contribution < 1.29 is 23.6 Å². The highest BCUT2D eigenvalue weighted by molar-refractivity contribution is 6.33. The summed E-state index contributed by atoms with van der Waals surface area (Å²) in [6.45, 7) is 1.28. The fourth-order valence-corrected chi connectivity index (χ4v) is 4.05. The third-order valence-electron chi connectivity index (χ3n) is 5.51. The van der Waals surface area contributed by atoms with Crippen molar-refractivity contribution in [1.29, 1.82) is 0 Å². The monoisotopic (exact) mass is 443 g/mol. The van der Waals surface area contributed by atoms with Crippen molar-refractivity contribution in [2.45, 2.75) is 6.42 Å². The smallest absolute Gasteiger partial charge is 0.261 e. The number of imide groups is 1. The van der Waals surface area contributed by atoms with Gasteiger partial charge < -0.3 is 9.80 Å². The number of rotatable bonds is 4. The van der Waals surface area contributed by atoms with Gasteiger partial charge in [0.1, 0.15) is 5.82 Å². The Morgan fingerprint density at radius 3 is 2.06 bits per heavy atom. The maximum Gasteiger partial charge on any atom is 0.261 e.